The van der Waals surface area contributed by atoms with E-state index in [0.717, 1.165) is 5.69 Å². The molecule has 4 nitrogen and oxygen atoms in total. The van der Waals surface area contributed by atoms with Crippen LogP contribution in [0, 0.1) is 0 Å². The Bertz CT molecular complexity index is 300. The molecule has 0 heterocycles. The van der Waals surface area contributed by atoms with Gasteiger partial charge in [-0.2, -0.15) is 0 Å². The highest BCUT2D eigenvalue weighted by Crippen LogP contribution is 2.17. The first kappa shape index (κ1) is 10.8. The topological polar surface area (TPSA) is 78.5 Å². The number of nitrogens with one attached hydrogen (secondary N) is 1. The SMILES string of the molecule is CC(O)(CO)CNc1ccccc1N. The van der Waals surface area contributed by atoms with Gasteiger partial charge in [0.05, 0.1) is 18.0 Å². The van der Waals surface area contributed by atoms with Crippen molar-refractivity contribution in [2.24, 2.45) is 0 Å². The van der Waals surface area contributed by atoms with Crippen LogP contribution in [0.3, 0.4) is 0 Å². The first-order chi connectivity index (χ1) is 6.55. The second-order valence-corrected chi connectivity index (χ2v) is 3.60. The molecule has 0 aliphatic carbocycles. The fourth-order valence-electron chi connectivity index (χ4n) is 1.000. The zero-order valence-corrected chi connectivity index (χ0v) is 8.20. The van der Waals surface area contributed by atoms with E-state index in [0.29, 0.717) is 5.69 Å². The van der Waals surface area contributed by atoms with Crippen LogP contribution in [0.15, 0.2) is 24.3 Å². The van der Waals surface area contributed by atoms with Gasteiger partial charge in [-0.25, -0.2) is 0 Å². The van der Waals surface area contributed by atoms with Crippen molar-refractivity contribution in [2.75, 3.05) is 24.2 Å². The van der Waals surface area contributed by atoms with Crippen LogP contribution in [-0.4, -0.2) is 29.0 Å². The summed E-state index contributed by atoms with van der Waals surface area (Å²) in [6, 6.07) is 7.29. The standard InChI is InChI=1S/C10H16N2O2/c1-10(14,7-13)6-12-9-5-3-2-4-8(9)11/h2-5,12-14H,6-7,11H2,1H3. The lowest BCUT2D eigenvalue weighted by atomic mass is 10.1. The normalized spacial score (nSPS) is 14.8. The van der Waals surface area contributed by atoms with E-state index in [1.807, 2.05) is 18.2 Å². The van der Waals surface area contributed by atoms with Crippen LogP contribution in [-0.2, 0) is 0 Å². The van der Waals surface area contributed by atoms with Gasteiger partial charge in [-0.1, -0.05) is 12.1 Å². The number of anilines is 2. The van der Waals surface area contributed by atoms with Gasteiger partial charge >= 0.3 is 0 Å². The molecule has 1 aromatic carbocycles. The van der Waals surface area contributed by atoms with Crippen LogP contribution in [0.25, 0.3) is 0 Å². The number of benzene rings is 1. The molecule has 14 heavy (non-hydrogen) atoms. The van der Waals surface area contributed by atoms with Crippen molar-refractivity contribution >= 4 is 11.4 Å². The molecular weight excluding hydrogens is 180 g/mol. The average Bonchev–Trinajstić information content (AvgIpc) is 2.17. The van der Waals surface area contributed by atoms with E-state index in [9.17, 15) is 5.11 Å². The third-order valence-corrected chi connectivity index (χ3v) is 1.96. The lowest BCUT2D eigenvalue weighted by Crippen LogP contribution is -2.37. The minimum Gasteiger partial charge on any atom is -0.397 e. The molecule has 0 spiro atoms. The van der Waals surface area contributed by atoms with E-state index < -0.39 is 5.60 Å². The first-order valence-electron chi connectivity index (χ1n) is 4.47. The fourth-order valence-corrected chi connectivity index (χ4v) is 1.000. The Balaban J connectivity index is 2.58. The van der Waals surface area contributed by atoms with E-state index in [-0.39, 0.29) is 13.2 Å². The molecule has 4 heteroatoms. The molecule has 78 valence electrons. The van der Waals surface area contributed by atoms with Crippen molar-refractivity contribution in [1.29, 1.82) is 0 Å². The van der Waals surface area contributed by atoms with Gasteiger partial charge < -0.3 is 21.3 Å². The van der Waals surface area contributed by atoms with Crippen LogP contribution in [0.2, 0.25) is 0 Å². The number of aliphatic hydroxyl groups excluding tert-OH is 1. The van der Waals surface area contributed by atoms with Crippen molar-refractivity contribution in [3.8, 4) is 0 Å². The summed E-state index contributed by atoms with van der Waals surface area (Å²) in [7, 11) is 0. The molecular formula is C10H16N2O2. The molecule has 0 radical (unpaired) electrons. The van der Waals surface area contributed by atoms with E-state index in [1.54, 1.807) is 13.0 Å². The van der Waals surface area contributed by atoms with E-state index in [2.05, 4.69) is 5.32 Å². The van der Waals surface area contributed by atoms with Crippen molar-refractivity contribution in [3.05, 3.63) is 24.3 Å². The van der Waals surface area contributed by atoms with Crippen molar-refractivity contribution in [1.82, 2.24) is 0 Å². The van der Waals surface area contributed by atoms with Crippen LogP contribution < -0.4 is 11.1 Å². The quantitative estimate of drug-likeness (QED) is 0.526. The Hall–Kier alpha value is -1.26. The van der Waals surface area contributed by atoms with Gasteiger partial charge in [0, 0.05) is 6.54 Å². The van der Waals surface area contributed by atoms with Crippen molar-refractivity contribution < 1.29 is 10.2 Å². The molecule has 1 rings (SSSR count). The van der Waals surface area contributed by atoms with Gasteiger partial charge in [-0.05, 0) is 19.1 Å². The number of hydrogen-bond acceptors (Lipinski definition) is 4. The molecule has 1 aromatic rings. The van der Waals surface area contributed by atoms with Crippen LogP contribution >= 0.6 is 0 Å². The summed E-state index contributed by atoms with van der Waals surface area (Å²) < 4.78 is 0. The maximum Gasteiger partial charge on any atom is 0.102 e. The van der Waals surface area contributed by atoms with Crippen LogP contribution in [0.5, 0.6) is 0 Å². The molecule has 5 N–H and O–H groups in total. The first-order valence-corrected chi connectivity index (χ1v) is 4.47. The second kappa shape index (κ2) is 4.30. The molecule has 0 aliphatic rings. The average molecular weight is 196 g/mol. The minimum absolute atomic E-state index is 0.262. The maximum atomic E-state index is 9.52. The lowest BCUT2D eigenvalue weighted by Gasteiger charge is -2.21. The lowest BCUT2D eigenvalue weighted by molar-refractivity contribution is 0.0132. The molecule has 1 atom stereocenters. The third-order valence-electron chi connectivity index (χ3n) is 1.96. The molecule has 0 saturated heterocycles. The van der Waals surface area contributed by atoms with E-state index in [4.69, 9.17) is 10.8 Å². The molecule has 0 aromatic heterocycles. The Kier molecular flexibility index (Phi) is 3.33. The monoisotopic (exact) mass is 196 g/mol. The fraction of sp³-hybridized carbons (Fsp3) is 0.400. The summed E-state index contributed by atoms with van der Waals surface area (Å²) in [5.74, 6) is 0. The van der Waals surface area contributed by atoms with Gasteiger partial charge in [0.25, 0.3) is 0 Å². The number of nitrogen functional groups attached to an aromatic ring is 1. The minimum atomic E-state index is -1.12. The number of rotatable bonds is 4. The van der Waals surface area contributed by atoms with Crippen LogP contribution in [0.4, 0.5) is 11.4 Å². The predicted molar refractivity (Wildman–Crippen MR) is 57.1 cm³/mol. The molecule has 0 fully saturated rings. The van der Waals surface area contributed by atoms with Gasteiger partial charge in [0.2, 0.25) is 0 Å². The summed E-state index contributed by atoms with van der Waals surface area (Å²) in [4.78, 5) is 0. The third kappa shape index (κ3) is 2.90. The molecule has 0 bridgehead atoms. The number of nitrogens with two attached hydrogens (primary N) is 1. The predicted octanol–water partition coefficient (Wildman–Crippen LogP) is 0.424. The molecule has 1 unspecified atom stereocenters. The van der Waals surface area contributed by atoms with Gasteiger partial charge in [-0.15, -0.1) is 0 Å². The summed E-state index contributed by atoms with van der Waals surface area (Å²) in [6.45, 7) is 1.53. The zero-order chi connectivity index (χ0) is 10.6. The highest BCUT2D eigenvalue weighted by molar-refractivity contribution is 5.65. The van der Waals surface area contributed by atoms with Crippen LogP contribution in [0.1, 0.15) is 6.92 Å². The highest BCUT2D eigenvalue weighted by Gasteiger charge is 2.18. The smallest absolute Gasteiger partial charge is 0.102 e. The van der Waals surface area contributed by atoms with Crippen molar-refractivity contribution in [3.63, 3.8) is 0 Å². The highest BCUT2D eigenvalue weighted by atomic mass is 16.3. The molecule has 0 amide bonds. The van der Waals surface area contributed by atoms with E-state index >= 15 is 0 Å². The Morgan fingerprint density at radius 1 is 1.43 bits per heavy atom. The van der Waals surface area contributed by atoms with Gasteiger partial charge in [0.15, 0.2) is 0 Å². The van der Waals surface area contributed by atoms with Crippen molar-refractivity contribution in [2.45, 2.75) is 12.5 Å². The van der Waals surface area contributed by atoms with Gasteiger partial charge in [0.1, 0.15) is 5.60 Å². The Morgan fingerprint density at radius 3 is 2.64 bits per heavy atom. The largest absolute Gasteiger partial charge is 0.397 e. The maximum absolute atomic E-state index is 9.52. The Labute approximate surface area is 83.4 Å². The number of para-hydroxylation sites is 2. The number of aliphatic hydroxyl groups is 2. The molecule has 0 saturated carbocycles. The zero-order valence-electron chi connectivity index (χ0n) is 8.20. The number of hydrogen-bond donors (Lipinski definition) is 4. The summed E-state index contributed by atoms with van der Waals surface area (Å²) in [6.07, 6.45) is 0. The Morgan fingerprint density at radius 2 is 2.07 bits per heavy atom. The van der Waals surface area contributed by atoms with E-state index in [1.165, 1.54) is 0 Å². The second-order valence-electron chi connectivity index (χ2n) is 3.60. The summed E-state index contributed by atoms with van der Waals surface area (Å²) in [5, 5.41) is 21.3. The van der Waals surface area contributed by atoms with Gasteiger partial charge in [-0.3, -0.25) is 0 Å². The summed E-state index contributed by atoms with van der Waals surface area (Å²) >= 11 is 0. The summed E-state index contributed by atoms with van der Waals surface area (Å²) in [5.41, 5.74) is 5.95. The molecule has 0 aliphatic heterocycles.